The molecule has 0 aliphatic heterocycles. The van der Waals surface area contributed by atoms with Crippen LogP contribution < -0.4 is 5.32 Å². The van der Waals surface area contributed by atoms with E-state index in [-0.39, 0.29) is 11.9 Å². The first-order valence-electron chi connectivity index (χ1n) is 6.58. The lowest BCUT2D eigenvalue weighted by atomic mass is 10.1. The minimum Gasteiger partial charge on any atom is -0.349 e. The fourth-order valence-corrected chi connectivity index (χ4v) is 3.64. The van der Waals surface area contributed by atoms with Gasteiger partial charge in [0.2, 0.25) is 0 Å². The van der Waals surface area contributed by atoms with E-state index in [0.29, 0.717) is 6.54 Å². The number of rotatable bonds is 5. The van der Waals surface area contributed by atoms with Crippen LogP contribution in [0.2, 0.25) is 0 Å². The van der Waals surface area contributed by atoms with Crippen LogP contribution in [0, 0.1) is 6.92 Å². The highest BCUT2D eigenvalue weighted by molar-refractivity contribution is 7.12. The van der Waals surface area contributed by atoms with Crippen molar-refractivity contribution in [1.82, 2.24) is 15.1 Å². The lowest BCUT2D eigenvalue weighted by Gasteiger charge is -2.17. The average molecular weight is 317 g/mol. The summed E-state index contributed by atoms with van der Waals surface area (Å²) in [4.78, 5) is 12.9. The average Bonchev–Trinajstić information content (AvgIpc) is 3.21. The zero-order valence-electron chi connectivity index (χ0n) is 11.5. The molecule has 0 aromatic carbocycles. The molecule has 108 valence electrons. The number of thiophene rings is 2. The predicted octanol–water partition coefficient (Wildman–Crippen LogP) is 3.33. The van der Waals surface area contributed by atoms with Crippen LogP contribution >= 0.6 is 22.7 Å². The van der Waals surface area contributed by atoms with E-state index >= 15 is 0 Å². The van der Waals surface area contributed by atoms with Crippen molar-refractivity contribution in [2.75, 3.05) is 6.54 Å². The monoisotopic (exact) mass is 317 g/mol. The standard InChI is InChI=1S/C15H15N3OS2/c1-11-7-14(21-9-11)15(19)16-8-13(12-3-6-20-10-12)18-5-2-4-17-18/h2-7,9-10,13H,8H2,1H3,(H,16,19)/t13-/m1/s1. The molecule has 3 rings (SSSR count). The molecule has 3 aromatic heterocycles. The van der Waals surface area contributed by atoms with Gasteiger partial charge in [-0.25, -0.2) is 0 Å². The van der Waals surface area contributed by atoms with Crippen molar-refractivity contribution in [3.05, 3.63) is 62.7 Å². The first-order chi connectivity index (χ1) is 10.2. The van der Waals surface area contributed by atoms with Gasteiger partial charge in [-0.1, -0.05) is 0 Å². The van der Waals surface area contributed by atoms with E-state index in [9.17, 15) is 4.79 Å². The van der Waals surface area contributed by atoms with Crippen LogP contribution in [-0.2, 0) is 0 Å². The molecule has 0 bridgehead atoms. The van der Waals surface area contributed by atoms with Crippen LogP contribution in [0.15, 0.2) is 46.7 Å². The quantitative estimate of drug-likeness (QED) is 0.784. The number of hydrogen-bond donors (Lipinski definition) is 1. The van der Waals surface area contributed by atoms with Crippen LogP contribution in [0.25, 0.3) is 0 Å². The topological polar surface area (TPSA) is 46.9 Å². The van der Waals surface area contributed by atoms with E-state index in [2.05, 4.69) is 21.9 Å². The molecule has 6 heteroatoms. The Balaban J connectivity index is 1.72. The highest BCUT2D eigenvalue weighted by Crippen LogP contribution is 2.20. The fraction of sp³-hybridized carbons (Fsp3) is 0.200. The van der Waals surface area contributed by atoms with Crippen LogP contribution in [-0.4, -0.2) is 22.2 Å². The Bertz CT molecular complexity index is 667. The van der Waals surface area contributed by atoms with E-state index in [1.165, 1.54) is 11.3 Å². The molecule has 0 radical (unpaired) electrons. The van der Waals surface area contributed by atoms with Crippen LogP contribution in [0.5, 0.6) is 0 Å². The third-order valence-electron chi connectivity index (χ3n) is 3.18. The van der Waals surface area contributed by atoms with E-state index in [1.54, 1.807) is 17.5 Å². The number of carbonyl (C=O) groups excluding carboxylic acids is 1. The van der Waals surface area contributed by atoms with Gasteiger partial charge in [0.1, 0.15) is 0 Å². The Morgan fingerprint density at radius 3 is 3.00 bits per heavy atom. The molecule has 1 N–H and O–H groups in total. The first-order valence-corrected chi connectivity index (χ1v) is 8.41. The number of hydrogen-bond acceptors (Lipinski definition) is 4. The number of aryl methyl sites for hydroxylation is 1. The zero-order valence-corrected chi connectivity index (χ0v) is 13.2. The Labute approximate surface area is 131 Å². The third-order valence-corrected chi connectivity index (χ3v) is 4.93. The Kier molecular flexibility index (Phi) is 4.17. The normalized spacial score (nSPS) is 12.2. The highest BCUT2D eigenvalue weighted by Gasteiger charge is 2.16. The van der Waals surface area contributed by atoms with E-state index in [4.69, 9.17) is 0 Å². The van der Waals surface area contributed by atoms with Gasteiger partial charge in [0.25, 0.3) is 5.91 Å². The van der Waals surface area contributed by atoms with Crippen LogP contribution in [0.1, 0.15) is 26.8 Å². The molecule has 1 amide bonds. The van der Waals surface area contributed by atoms with E-state index < -0.39 is 0 Å². The molecular weight excluding hydrogens is 302 g/mol. The van der Waals surface area contributed by atoms with Crippen molar-refractivity contribution < 1.29 is 4.79 Å². The second-order valence-corrected chi connectivity index (χ2v) is 6.45. The Morgan fingerprint density at radius 2 is 2.38 bits per heavy atom. The van der Waals surface area contributed by atoms with Gasteiger partial charge in [-0.3, -0.25) is 9.48 Å². The number of amides is 1. The van der Waals surface area contributed by atoms with Crippen molar-refractivity contribution in [3.8, 4) is 0 Å². The fourth-order valence-electron chi connectivity index (χ4n) is 2.12. The van der Waals surface area contributed by atoms with Crippen LogP contribution in [0.4, 0.5) is 0 Å². The summed E-state index contributed by atoms with van der Waals surface area (Å²) < 4.78 is 1.88. The molecule has 4 nitrogen and oxygen atoms in total. The van der Waals surface area contributed by atoms with Crippen molar-refractivity contribution in [3.63, 3.8) is 0 Å². The van der Waals surface area contributed by atoms with Crippen molar-refractivity contribution in [1.29, 1.82) is 0 Å². The SMILES string of the molecule is Cc1csc(C(=O)NC[C@H](c2ccsc2)n2cccn2)c1. The Hall–Kier alpha value is -1.92. The molecule has 21 heavy (non-hydrogen) atoms. The van der Waals surface area contributed by atoms with Gasteiger partial charge in [0.05, 0.1) is 10.9 Å². The summed E-state index contributed by atoms with van der Waals surface area (Å²) in [6.07, 6.45) is 3.67. The molecule has 0 aliphatic rings. The van der Waals surface area contributed by atoms with Gasteiger partial charge >= 0.3 is 0 Å². The molecular formula is C15H15N3OS2. The maximum absolute atomic E-state index is 12.2. The summed E-state index contributed by atoms with van der Waals surface area (Å²) in [5, 5.41) is 13.4. The van der Waals surface area contributed by atoms with Gasteiger partial charge in [-0.15, -0.1) is 11.3 Å². The highest BCUT2D eigenvalue weighted by atomic mass is 32.1. The number of nitrogens with zero attached hydrogens (tertiary/aromatic N) is 2. The first kappa shape index (κ1) is 14.0. The van der Waals surface area contributed by atoms with Gasteiger partial charge < -0.3 is 5.32 Å². The van der Waals surface area contributed by atoms with Crippen LogP contribution in [0.3, 0.4) is 0 Å². The second-order valence-electron chi connectivity index (χ2n) is 4.76. The molecule has 3 heterocycles. The summed E-state index contributed by atoms with van der Waals surface area (Å²) in [6.45, 7) is 2.51. The maximum Gasteiger partial charge on any atom is 0.261 e. The lowest BCUT2D eigenvalue weighted by molar-refractivity contribution is 0.0953. The van der Waals surface area contributed by atoms with Gasteiger partial charge in [-0.05, 0) is 52.4 Å². The molecule has 3 aromatic rings. The molecule has 0 saturated heterocycles. The summed E-state index contributed by atoms with van der Waals surface area (Å²) in [5.74, 6) is -0.0273. The van der Waals surface area contributed by atoms with Gasteiger partial charge in [-0.2, -0.15) is 16.4 Å². The number of nitrogens with one attached hydrogen (secondary N) is 1. The summed E-state index contributed by atoms with van der Waals surface area (Å²) >= 11 is 3.12. The number of carbonyl (C=O) groups is 1. The second kappa shape index (κ2) is 6.24. The minimum absolute atomic E-state index is 0.0243. The number of aromatic nitrogens is 2. The molecule has 0 aliphatic carbocycles. The summed E-state index contributed by atoms with van der Waals surface area (Å²) in [7, 11) is 0. The minimum atomic E-state index is -0.0273. The lowest BCUT2D eigenvalue weighted by Crippen LogP contribution is -2.31. The summed E-state index contributed by atoms with van der Waals surface area (Å²) in [5.41, 5.74) is 2.28. The van der Waals surface area contributed by atoms with Crippen molar-refractivity contribution >= 4 is 28.6 Å². The molecule has 1 atom stereocenters. The zero-order chi connectivity index (χ0) is 14.7. The van der Waals surface area contributed by atoms with Gasteiger partial charge in [0, 0.05) is 18.9 Å². The van der Waals surface area contributed by atoms with E-state index in [1.807, 2.05) is 40.7 Å². The van der Waals surface area contributed by atoms with E-state index in [0.717, 1.165) is 16.0 Å². The molecule has 0 unspecified atom stereocenters. The maximum atomic E-state index is 12.2. The Morgan fingerprint density at radius 1 is 1.48 bits per heavy atom. The van der Waals surface area contributed by atoms with Crippen molar-refractivity contribution in [2.45, 2.75) is 13.0 Å². The third kappa shape index (κ3) is 3.22. The largest absolute Gasteiger partial charge is 0.349 e. The molecule has 0 saturated carbocycles. The smallest absolute Gasteiger partial charge is 0.261 e. The molecule has 0 fully saturated rings. The predicted molar refractivity (Wildman–Crippen MR) is 86.1 cm³/mol. The summed E-state index contributed by atoms with van der Waals surface area (Å²) in [6, 6.07) is 5.90. The van der Waals surface area contributed by atoms with Crippen molar-refractivity contribution in [2.24, 2.45) is 0 Å². The van der Waals surface area contributed by atoms with Gasteiger partial charge in [0.15, 0.2) is 0 Å². The molecule has 0 spiro atoms.